The summed E-state index contributed by atoms with van der Waals surface area (Å²) in [5.74, 6) is -0.473. The summed E-state index contributed by atoms with van der Waals surface area (Å²) in [4.78, 5) is 45.7. The Morgan fingerprint density at radius 1 is 1.16 bits per heavy atom. The van der Waals surface area contributed by atoms with Gasteiger partial charge in [0.1, 0.15) is 18.1 Å². The quantitative estimate of drug-likeness (QED) is 0.561. The van der Waals surface area contributed by atoms with Crippen LogP contribution in [0.5, 0.6) is 0 Å². The van der Waals surface area contributed by atoms with Crippen molar-refractivity contribution >= 4 is 22.7 Å². The van der Waals surface area contributed by atoms with Crippen molar-refractivity contribution in [1.29, 1.82) is 0 Å². The minimum Gasteiger partial charge on any atom is -0.453 e. The largest absolute Gasteiger partial charge is 0.453 e. The molecule has 0 fully saturated rings. The number of hydrogen-bond acceptors (Lipinski definition) is 5. The Morgan fingerprint density at radius 3 is 2.56 bits per heavy atom. The third-order valence-corrected chi connectivity index (χ3v) is 4.00. The zero-order valence-electron chi connectivity index (χ0n) is 14.1. The van der Waals surface area contributed by atoms with Crippen LogP contribution < -0.4 is 5.56 Å². The van der Waals surface area contributed by atoms with Gasteiger partial charge in [-0.25, -0.2) is 9.78 Å². The number of para-hydroxylation sites is 1. The number of ether oxygens (including phenoxy) is 1. The fourth-order valence-corrected chi connectivity index (χ4v) is 2.89. The molecule has 0 spiro atoms. The standard InChI is InChI=1S/C18H17N3O4/c1-9-15(11(3)22)10(2)19-16(9)18(24)25-8-14-20-13-7-5-4-6-12(13)17(23)21-14/h4-7,19H,8H2,1-3H3,(H,20,21,23). The van der Waals surface area contributed by atoms with Crippen molar-refractivity contribution in [1.82, 2.24) is 15.0 Å². The van der Waals surface area contributed by atoms with E-state index in [2.05, 4.69) is 15.0 Å². The molecule has 0 saturated heterocycles. The Kier molecular flexibility index (Phi) is 4.22. The van der Waals surface area contributed by atoms with Gasteiger partial charge in [0.2, 0.25) is 0 Å². The van der Waals surface area contributed by atoms with Gasteiger partial charge in [-0.05, 0) is 38.5 Å². The lowest BCUT2D eigenvalue weighted by molar-refractivity contribution is 0.0455. The van der Waals surface area contributed by atoms with Gasteiger partial charge < -0.3 is 14.7 Å². The lowest BCUT2D eigenvalue weighted by Gasteiger charge is -2.05. The highest BCUT2D eigenvalue weighted by Gasteiger charge is 2.21. The van der Waals surface area contributed by atoms with E-state index in [-0.39, 0.29) is 29.5 Å². The number of nitrogens with zero attached hydrogens (tertiary/aromatic N) is 1. The second-order valence-corrected chi connectivity index (χ2v) is 5.79. The first-order valence-corrected chi connectivity index (χ1v) is 7.73. The van der Waals surface area contributed by atoms with Crippen molar-refractivity contribution in [3.8, 4) is 0 Å². The molecule has 7 nitrogen and oxygen atoms in total. The number of Topliss-reactive ketones (excluding diaryl/α,β-unsaturated/α-hetero) is 1. The summed E-state index contributed by atoms with van der Waals surface area (Å²) in [6, 6.07) is 6.92. The highest BCUT2D eigenvalue weighted by molar-refractivity contribution is 6.01. The lowest BCUT2D eigenvalue weighted by Crippen LogP contribution is -2.15. The SMILES string of the molecule is CC(=O)c1c(C)[nH]c(C(=O)OCc2nc3ccccc3c(=O)[nH]2)c1C. The van der Waals surface area contributed by atoms with Crippen molar-refractivity contribution in [3.63, 3.8) is 0 Å². The van der Waals surface area contributed by atoms with E-state index in [4.69, 9.17) is 4.74 Å². The monoisotopic (exact) mass is 339 g/mol. The van der Waals surface area contributed by atoms with Crippen LogP contribution in [0.25, 0.3) is 10.9 Å². The van der Waals surface area contributed by atoms with E-state index in [0.29, 0.717) is 27.7 Å². The number of ketones is 1. The summed E-state index contributed by atoms with van der Waals surface area (Å²) in [5.41, 5.74) is 2.13. The van der Waals surface area contributed by atoms with Crippen LogP contribution in [0.15, 0.2) is 29.1 Å². The minimum absolute atomic E-state index is 0.120. The number of H-pyrrole nitrogens is 2. The van der Waals surface area contributed by atoms with E-state index in [1.54, 1.807) is 38.1 Å². The van der Waals surface area contributed by atoms with Crippen LogP contribution in [-0.4, -0.2) is 26.7 Å². The Balaban J connectivity index is 1.83. The number of aromatic nitrogens is 3. The van der Waals surface area contributed by atoms with E-state index < -0.39 is 5.97 Å². The molecule has 0 aliphatic rings. The number of carbonyl (C=O) groups excluding carboxylic acids is 2. The zero-order valence-corrected chi connectivity index (χ0v) is 14.1. The van der Waals surface area contributed by atoms with Crippen LogP contribution in [0.3, 0.4) is 0 Å². The van der Waals surface area contributed by atoms with Gasteiger partial charge in [0, 0.05) is 11.3 Å². The Morgan fingerprint density at radius 2 is 1.88 bits per heavy atom. The number of esters is 1. The number of aryl methyl sites for hydroxylation is 1. The molecule has 25 heavy (non-hydrogen) atoms. The van der Waals surface area contributed by atoms with Crippen LogP contribution >= 0.6 is 0 Å². The molecule has 0 atom stereocenters. The molecule has 0 aliphatic heterocycles. The van der Waals surface area contributed by atoms with E-state index in [0.717, 1.165) is 0 Å². The summed E-state index contributed by atoms with van der Waals surface area (Å²) in [6.07, 6.45) is 0. The van der Waals surface area contributed by atoms with Gasteiger partial charge in [0.05, 0.1) is 10.9 Å². The fraction of sp³-hybridized carbons (Fsp3) is 0.222. The Labute approximate surface area is 143 Å². The maximum Gasteiger partial charge on any atom is 0.355 e. The van der Waals surface area contributed by atoms with Crippen molar-refractivity contribution < 1.29 is 14.3 Å². The predicted octanol–water partition coefficient (Wildman–Crippen LogP) is 2.43. The number of fused-ring (bicyclic) bond motifs is 1. The zero-order chi connectivity index (χ0) is 18.1. The number of hydrogen-bond donors (Lipinski definition) is 2. The minimum atomic E-state index is -0.607. The third kappa shape index (κ3) is 3.08. The van der Waals surface area contributed by atoms with Gasteiger partial charge in [0.25, 0.3) is 5.56 Å². The Hall–Kier alpha value is -3.22. The maximum absolute atomic E-state index is 12.3. The molecule has 2 heterocycles. The smallest absolute Gasteiger partial charge is 0.355 e. The van der Waals surface area contributed by atoms with Crippen LogP contribution in [0, 0.1) is 13.8 Å². The van der Waals surface area contributed by atoms with Gasteiger partial charge in [-0.3, -0.25) is 9.59 Å². The average Bonchev–Trinajstić information content (AvgIpc) is 2.87. The molecule has 2 N–H and O–H groups in total. The van der Waals surface area contributed by atoms with E-state index >= 15 is 0 Å². The van der Waals surface area contributed by atoms with Crippen molar-refractivity contribution in [2.45, 2.75) is 27.4 Å². The first kappa shape index (κ1) is 16.6. The third-order valence-electron chi connectivity index (χ3n) is 4.00. The van der Waals surface area contributed by atoms with Gasteiger partial charge in [-0.2, -0.15) is 0 Å². The molecule has 3 rings (SSSR count). The number of benzene rings is 1. The summed E-state index contributed by atoms with van der Waals surface area (Å²) < 4.78 is 5.23. The lowest BCUT2D eigenvalue weighted by atomic mass is 10.1. The van der Waals surface area contributed by atoms with Gasteiger partial charge in [0.15, 0.2) is 5.78 Å². The number of carbonyl (C=O) groups is 2. The summed E-state index contributed by atoms with van der Waals surface area (Å²) in [6.45, 7) is 4.68. The molecular weight excluding hydrogens is 322 g/mol. The highest BCUT2D eigenvalue weighted by Crippen LogP contribution is 2.19. The molecule has 3 aromatic rings. The first-order chi connectivity index (χ1) is 11.9. The van der Waals surface area contributed by atoms with Crippen LogP contribution in [0.1, 0.15) is 44.9 Å². The van der Waals surface area contributed by atoms with E-state index in [1.165, 1.54) is 6.92 Å². The molecular formula is C18H17N3O4. The second kappa shape index (κ2) is 6.35. The number of nitrogens with one attached hydrogen (secondary N) is 2. The molecule has 0 amide bonds. The summed E-state index contributed by atoms with van der Waals surface area (Å²) in [5, 5.41) is 0.472. The molecule has 0 bridgehead atoms. The molecule has 0 unspecified atom stereocenters. The van der Waals surface area contributed by atoms with Crippen LogP contribution in [-0.2, 0) is 11.3 Å². The van der Waals surface area contributed by atoms with Crippen molar-refractivity contribution in [2.24, 2.45) is 0 Å². The fourth-order valence-electron chi connectivity index (χ4n) is 2.89. The first-order valence-electron chi connectivity index (χ1n) is 7.73. The van der Waals surface area contributed by atoms with Crippen molar-refractivity contribution in [3.05, 3.63) is 63.0 Å². The topological polar surface area (TPSA) is 105 Å². The van der Waals surface area contributed by atoms with Crippen LogP contribution in [0.4, 0.5) is 0 Å². The van der Waals surface area contributed by atoms with Gasteiger partial charge in [-0.1, -0.05) is 12.1 Å². The maximum atomic E-state index is 12.3. The van der Waals surface area contributed by atoms with Gasteiger partial charge >= 0.3 is 5.97 Å². The average molecular weight is 339 g/mol. The van der Waals surface area contributed by atoms with Crippen molar-refractivity contribution in [2.75, 3.05) is 0 Å². The summed E-state index contributed by atoms with van der Waals surface area (Å²) in [7, 11) is 0. The molecule has 0 aliphatic carbocycles. The molecule has 0 saturated carbocycles. The molecule has 128 valence electrons. The van der Waals surface area contributed by atoms with Gasteiger partial charge in [-0.15, -0.1) is 0 Å². The molecule has 0 radical (unpaired) electrons. The molecule has 1 aromatic carbocycles. The molecule has 7 heteroatoms. The van der Waals surface area contributed by atoms with E-state index in [9.17, 15) is 14.4 Å². The summed E-state index contributed by atoms with van der Waals surface area (Å²) >= 11 is 0. The van der Waals surface area contributed by atoms with Crippen LogP contribution in [0.2, 0.25) is 0 Å². The number of rotatable bonds is 4. The number of aromatic amines is 2. The highest BCUT2D eigenvalue weighted by atomic mass is 16.5. The predicted molar refractivity (Wildman–Crippen MR) is 91.8 cm³/mol. The molecule has 2 aromatic heterocycles. The van der Waals surface area contributed by atoms with E-state index in [1.807, 2.05) is 0 Å². The Bertz CT molecular complexity index is 1050. The normalized spacial score (nSPS) is 10.8. The second-order valence-electron chi connectivity index (χ2n) is 5.79.